The van der Waals surface area contributed by atoms with E-state index in [4.69, 9.17) is 0 Å². The molecule has 0 saturated heterocycles. The smallest absolute Gasteiger partial charge is 0.161 e. The molecular formula is C9H16O3. The topological polar surface area (TPSA) is 57.5 Å². The maximum atomic E-state index is 11.1. The Morgan fingerprint density at radius 1 is 1.42 bits per heavy atom. The first-order valence-corrected chi connectivity index (χ1v) is 3.92. The first-order valence-electron chi connectivity index (χ1n) is 3.92. The molecule has 0 aromatic rings. The zero-order valence-corrected chi connectivity index (χ0v) is 7.96. The number of aliphatic hydroxyl groups excluding tert-OH is 1. The molecule has 0 amide bonds. The third kappa shape index (κ3) is 3.53. The van der Waals surface area contributed by atoms with Crippen molar-refractivity contribution in [3.8, 4) is 0 Å². The van der Waals surface area contributed by atoms with Gasteiger partial charge in [0.1, 0.15) is 11.4 Å². The quantitative estimate of drug-likeness (QED) is 0.500. The number of rotatable bonds is 3. The molecule has 3 heteroatoms. The molecule has 0 aliphatic carbocycles. The molecule has 0 rings (SSSR count). The Kier molecular flexibility index (Phi) is 3.46. The fraction of sp³-hybridized carbons (Fsp3) is 0.667. The normalized spacial score (nSPS) is 13.7. The van der Waals surface area contributed by atoms with Crippen molar-refractivity contribution >= 4 is 5.78 Å². The molecule has 0 aliphatic rings. The third-order valence-corrected chi connectivity index (χ3v) is 1.47. The van der Waals surface area contributed by atoms with Crippen LogP contribution in [0.25, 0.3) is 0 Å². The van der Waals surface area contributed by atoms with Crippen LogP contribution in [0.2, 0.25) is 0 Å². The number of carbonyl (C=O) groups excluding carboxylic acids is 1. The molecule has 0 bridgehead atoms. The molecule has 2 N–H and O–H groups in total. The van der Waals surface area contributed by atoms with E-state index in [-0.39, 0.29) is 17.5 Å². The zero-order valence-electron chi connectivity index (χ0n) is 7.96. The van der Waals surface area contributed by atoms with Crippen molar-refractivity contribution < 1.29 is 15.0 Å². The lowest BCUT2D eigenvalue weighted by Crippen LogP contribution is -2.23. The highest BCUT2D eigenvalue weighted by Gasteiger charge is 2.19. The molecule has 0 unspecified atom stereocenters. The molecule has 0 fully saturated rings. The maximum absolute atomic E-state index is 11.1. The van der Waals surface area contributed by atoms with Crippen molar-refractivity contribution in [3.63, 3.8) is 0 Å². The Morgan fingerprint density at radius 3 is 2.08 bits per heavy atom. The second-order valence-electron chi connectivity index (χ2n) is 3.65. The maximum Gasteiger partial charge on any atom is 0.161 e. The Morgan fingerprint density at radius 2 is 1.83 bits per heavy atom. The van der Waals surface area contributed by atoms with Gasteiger partial charge in [0.25, 0.3) is 0 Å². The fourth-order valence-corrected chi connectivity index (χ4v) is 0.478. The molecule has 0 spiro atoms. The van der Waals surface area contributed by atoms with Gasteiger partial charge in [-0.2, -0.15) is 0 Å². The molecule has 0 aliphatic heterocycles. The van der Waals surface area contributed by atoms with E-state index in [2.05, 4.69) is 0 Å². The molecule has 0 saturated carbocycles. The minimum atomic E-state index is -1.33. The number of hydrogen-bond donors (Lipinski definition) is 2. The molecule has 0 radical (unpaired) electrons. The molecule has 3 nitrogen and oxygen atoms in total. The number of ketones is 1. The van der Waals surface area contributed by atoms with Crippen LogP contribution in [0.1, 0.15) is 27.7 Å². The van der Waals surface area contributed by atoms with E-state index < -0.39 is 5.60 Å². The minimum absolute atomic E-state index is 0.158. The SMILES string of the molecule is CC(C)C(=O)/C=C(\O)C(C)(C)O. The van der Waals surface area contributed by atoms with E-state index in [9.17, 15) is 15.0 Å². The van der Waals surface area contributed by atoms with Gasteiger partial charge in [-0.05, 0) is 13.8 Å². The van der Waals surface area contributed by atoms with Crippen LogP contribution in [0.3, 0.4) is 0 Å². The van der Waals surface area contributed by atoms with Crippen molar-refractivity contribution in [2.45, 2.75) is 33.3 Å². The van der Waals surface area contributed by atoms with E-state index in [0.29, 0.717) is 0 Å². The summed E-state index contributed by atoms with van der Waals surface area (Å²) in [7, 11) is 0. The summed E-state index contributed by atoms with van der Waals surface area (Å²) in [5.41, 5.74) is -1.33. The van der Waals surface area contributed by atoms with Crippen LogP contribution in [0.15, 0.2) is 11.8 Å². The average molecular weight is 172 g/mol. The van der Waals surface area contributed by atoms with Gasteiger partial charge in [0.15, 0.2) is 5.78 Å². The van der Waals surface area contributed by atoms with Crippen molar-refractivity contribution in [1.29, 1.82) is 0 Å². The van der Waals surface area contributed by atoms with E-state index in [1.165, 1.54) is 13.8 Å². The second-order valence-corrected chi connectivity index (χ2v) is 3.65. The Bertz CT molecular complexity index is 196. The fourth-order valence-electron chi connectivity index (χ4n) is 0.478. The third-order valence-electron chi connectivity index (χ3n) is 1.47. The number of carbonyl (C=O) groups is 1. The van der Waals surface area contributed by atoms with Gasteiger partial charge in [-0.3, -0.25) is 4.79 Å². The van der Waals surface area contributed by atoms with Crippen molar-refractivity contribution in [3.05, 3.63) is 11.8 Å². The van der Waals surface area contributed by atoms with Gasteiger partial charge < -0.3 is 10.2 Å². The molecule has 12 heavy (non-hydrogen) atoms. The number of aliphatic hydroxyl groups is 2. The lowest BCUT2D eigenvalue weighted by atomic mass is 10.0. The molecule has 70 valence electrons. The van der Waals surface area contributed by atoms with Gasteiger partial charge in [0.2, 0.25) is 0 Å². The van der Waals surface area contributed by atoms with Gasteiger partial charge in [0, 0.05) is 12.0 Å². The molecule has 0 heterocycles. The summed E-state index contributed by atoms with van der Waals surface area (Å²) in [6, 6.07) is 0. The summed E-state index contributed by atoms with van der Waals surface area (Å²) in [6.07, 6.45) is 1.07. The lowest BCUT2D eigenvalue weighted by molar-refractivity contribution is -0.117. The zero-order chi connectivity index (χ0) is 9.94. The lowest BCUT2D eigenvalue weighted by Gasteiger charge is -2.15. The highest BCUT2D eigenvalue weighted by atomic mass is 16.3. The van der Waals surface area contributed by atoms with Gasteiger partial charge in [-0.25, -0.2) is 0 Å². The van der Waals surface area contributed by atoms with Gasteiger partial charge in [-0.15, -0.1) is 0 Å². The summed E-state index contributed by atoms with van der Waals surface area (Å²) < 4.78 is 0. The first kappa shape index (κ1) is 11.2. The molecule has 0 aromatic carbocycles. The summed E-state index contributed by atoms with van der Waals surface area (Å²) in [5, 5.41) is 18.4. The highest BCUT2D eigenvalue weighted by molar-refractivity contribution is 5.91. The molecular weight excluding hydrogens is 156 g/mol. The summed E-state index contributed by atoms with van der Waals surface area (Å²) >= 11 is 0. The monoisotopic (exact) mass is 172 g/mol. The van der Waals surface area contributed by atoms with Crippen molar-refractivity contribution in [2.24, 2.45) is 5.92 Å². The standard InChI is InChI=1S/C9H16O3/c1-6(2)7(10)5-8(11)9(3,4)12/h5-6,11-12H,1-4H3/b8-5-. The Labute approximate surface area is 72.7 Å². The van der Waals surface area contributed by atoms with Crippen LogP contribution in [-0.4, -0.2) is 21.6 Å². The Balaban J connectivity index is 4.48. The molecule has 0 aromatic heterocycles. The van der Waals surface area contributed by atoms with Crippen molar-refractivity contribution in [1.82, 2.24) is 0 Å². The van der Waals surface area contributed by atoms with E-state index in [1.54, 1.807) is 13.8 Å². The van der Waals surface area contributed by atoms with Crippen molar-refractivity contribution in [2.75, 3.05) is 0 Å². The predicted molar refractivity (Wildman–Crippen MR) is 46.9 cm³/mol. The van der Waals surface area contributed by atoms with E-state index >= 15 is 0 Å². The van der Waals surface area contributed by atoms with Crippen LogP contribution in [0, 0.1) is 5.92 Å². The number of hydrogen-bond acceptors (Lipinski definition) is 3. The van der Waals surface area contributed by atoms with Crippen LogP contribution >= 0.6 is 0 Å². The molecule has 0 atom stereocenters. The van der Waals surface area contributed by atoms with E-state index in [1.807, 2.05) is 0 Å². The van der Waals surface area contributed by atoms with Gasteiger partial charge in [0.05, 0.1) is 0 Å². The average Bonchev–Trinajstić information content (AvgIpc) is 1.85. The Hall–Kier alpha value is -0.830. The van der Waals surface area contributed by atoms with Crippen LogP contribution in [0.5, 0.6) is 0 Å². The summed E-state index contributed by atoms with van der Waals surface area (Å²) in [4.78, 5) is 11.1. The van der Waals surface area contributed by atoms with Crippen LogP contribution < -0.4 is 0 Å². The van der Waals surface area contributed by atoms with Crippen LogP contribution in [0.4, 0.5) is 0 Å². The highest BCUT2D eigenvalue weighted by Crippen LogP contribution is 2.12. The largest absolute Gasteiger partial charge is 0.509 e. The minimum Gasteiger partial charge on any atom is -0.509 e. The van der Waals surface area contributed by atoms with Crippen LogP contribution in [-0.2, 0) is 4.79 Å². The second kappa shape index (κ2) is 3.72. The first-order chi connectivity index (χ1) is 5.25. The predicted octanol–water partition coefficient (Wildman–Crippen LogP) is 1.42. The van der Waals surface area contributed by atoms with Gasteiger partial charge in [-0.1, -0.05) is 13.8 Å². The van der Waals surface area contributed by atoms with Gasteiger partial charge >= 0.3 is 0 Å². The summed E-state index contributed by atoms with van der Waals surface area (Å²) in [5.74, 6) is -0.634. The summed E-state index contributed by atoms with van der Waals surface area (Å²) in [6.45, 7) is 6.31. The number of allylic oxidation sites excluding steroid dienone is 1. The van der Waals surface area contributed by atoms with E-state index in [0.717, 1.165) is 6.08 Å².